The maximum absolute atomic E-state index is 13.6. The number of carboxylic acids is 1. The van der Waals surface area contributed by atoms with Gasteiger partial charge in [-0.05, 0) is 13.3 Å². The minimum atomic E-state index is -4.49. The zero-order valence-corrected chi connectivity index (χ0v) is 17.6. The number of H-pyrrole nitrogens is 1. The first kappa shape index (κ1) is 22.1. The van der Waals surface area contributed by atoms with Gasteiger partial charge in [-0.25, -0.2) is 9.89 Å². The lowest BCUT2D eigenvalue weighted by atomic mass is 9.85. The normalized spacial score (nSPS) is 19.5. The van der Waals surface area contributed by atoms with Gasteiger partial charge in [0.25, 0.3) is 5.56 Å². The summed E-state index contributed by atoms with van der Waals surface area (Å²) in [6.45, 7) is 2.06. The molecule has 32 heavy (non-hydrogen) atoms. The molecule has 2 N–H and O–H groups in total. The number of anilines is 1. The van der Waals surface area contributed by atoms with Crippen molar-refractivity contribution in [1.82, 2.24) is 20.0 Å². The van der Waals surface area contributed by atoms with E-state index in [-0.39, 0.29) is 23.7 Å². The Morgan fingerprint density at radius 1 is 1.41 bits per heavy atom. The van der Waals surface area contributed by atoms with E-state index in [9.17, 15) is 27.9 Å². The molecule has 170 valence electrons. The summed E-state index contributed by atoms with van der Waals surface area (Å²) < 4.78 is 42.1. The van der Waals surface area contributed by atoms with E-state index in [2.05, 4.69) is 15.3 Å². The van der Waals surface area contributed by atoms with Crippen LogP contribution in [0.3, 0.4) is 0 Å². The van der Waals surface area contributed by atoms with Gasteiger partial charge in [-0.2, -0.15) is 23.4 Å². The number of hydrogen-bond acceptors (Lipinski definition) is 5. The number of aromatic nitrogens is 4. The van der Waals surface area contributed by atoms with E-state index >= 15 is 0 Å². The summed E-state index contributed by atoms with van der Waals surface area (Å²) in [7, 11) is 0. The summed E-state index contributed by atoms with van der Waals surface area (Å²) in [5.41, 5.74) is -0.166. The van der Waals surface area contributed by atoms with E-state index in [1.807, 2.05) is 0 Å². The van der Waals surface area contributed by atoms with Gasteiger partial charge < -0.3 is 10.0 Å². The molecule has 2 unspecified atom stereocenters. The van der Waals surface area contributed by atoms with Crippen LogP contribution >= 0.6 is 11.6 Å². The Bertz CT molecular complexity index is 1180. The molecule has 2 atom stereocenters. The van der Waals surface area contributed by atoms with Gasteiger partial charge in [-0.15, -0.1) is 0 Å². The van der Waals surface area contributed by atoms with Crippen molar-refractivity contribution in [3.05, 3.63) is 62.3 Å². The number of allylic oxidation sites excluding steroid dienone is 4. The van der Waals surface area contributed by atoms with Gasteiger partial charge in [0, 0.05) is 42.3 Å². The van der Waals surface area contributed by atoms with Crippen LogP contribution in [-0.4, -0.2) is 43.8 Å². The van der Waals surface area contributed by atoms with Gasteiger partial charge in [0.05, 0.1) is 17.9 Å². The molecule has 1 aliphatic heterocycles. The predicted octanol–water partition coefficient (Wildman–Crippen LogP) is 3.51. The lowest BCUT2D eigenvalue weighted by Gasteiger charge is -2.33. The standard InChI is InChI=1S/C20H19ClF3N5O3/c1-10(11-4-2-3-5-13(11)20(22,23)24)29-14-6-7-28(9-12(14)17(27-29)19(31)32)15-8-25-26-18(30)16(15)21/h2-3,5,8,10-11H,4,6-7,9H2,1H3,(H,26,30)(H,31,32). The molecule has 4 rings (SSSR count). The first-order chi connectivity index (χ1) is 15.1. The van der Waals surface area contributed by atoms with Crippen molar-refractivity contribution >= 4 is 23.3 Å². The fourth-order valence-corrected chi connectivity index (χ4v) is 4.54. The Kier molecular flexibility index (Phi) is 5.61. The minimum Gasteiger partial charge on any atom is -0.476 e. The van der Waals surface area contributed by atoms with Gasteiger partial charge in [0.15, 0.2) is 5.69 Å². The topological polar surface area (TPSA) is 104 Å². The van der Waals surface area contributed by atoms with Crippen LogP contribution in [-0.2, 0) is 13.0 Å². The number of carbonyl (C=O) groups is 1. The molecule has 12 heteroatoms. The third kappa shape index (κ3) is 3.81. The van der Waals surface area contributed by atoms with Crippen LogP contribution in [0.2, 0.25) is 5.02 Å². The highest BCUT2D eigenvalue weighted by Gasteiger charge is 2.42. The van der Waals surface area contributed by atoms with E-state index in [1.165, 1.54) is 17.0 Å². The lowest BCUT2D eigenvalue weighted by Crippen LogP contribution is -2.34. The van der Waals surface area contributed by atoms with Gasteiger partial charge in [0.2, 0.25) is 0 Å². The van der Waals surface area contributed by atoms with Crippen molar-refractivity contribution in [2.24, 2.45) is 5.92 Å². The van der Waals surface area contributed by atoms with Crippen LogP contribution < -0.4 is 10.5 Å². The molecule has 3 heterocycles. The van der Waals surface area contributed by atoms with E-state index in [0.29, 0.717) is 29.9 Å². The number of nitrogens with zero attached hydrogens (tertiary/aromatic N) is 4. The van der Waals surface area contributed by atoms with Crippen LogP contribution in [0.15, 0.2) is 34.8 Å². The summed E-state index contributed by atoms with van der Waals surface area (Å²) in [4.78, 5) is 25.4. The van der Waals surface area contributed by atoms with Gasteiger partial charge >= 0.3 is 12.1 Å². The number of halogens is 4. The molecule has 2 aromatic heterocycles. The van der Waals surface area contributed by atoms with Crippen LogP contribution in [0.4, 0.5) is 18.9 Å². The molecule has 0 aromatic carbocycles. The number of fused-ring (bicyclic) bond motifs is 1. The highest BCUT2D eigenvalue weighted by atomic mass is 35.5. The number of aromatic amines is 1. The molecule has 0 bridgehead atoms. The number of nitrogens with one attached hydrogen (secondary N) is 1. The molecule has 1 aliphatic carbocycles. The largest absolute Gasteiger partial charge is 0.476 e. The Hall–Kier alpha value is -3.08. The predicted molar refractivity (Wildman–Crippen MR) is 110 cm³/mol. The number of alkyl halides is 3. The summed E-state index contributed by atoms with van der Waals surface area (Å²) in [5.74, 6) is -2.17. The van der Waals surface area contributed by atoms with Crippen molar-refractivity contribution in [2.45, 2.75) is 38.5 Å². The molecular weight excluding hydrogens is 451 g/mol. The average Bonchev–Trinajstić information content (AvgIpc) is 3.13. The van der Waals surface area contributed by atoms with Crippen molar-refractivity contribution in [3.8, 4) is 0 Å². The molecule has 2 aromatic rings. The number of carboxylic acid groups (broad SMARTS) is 1. The van der Waals surface area contributed by atoms with Crippen molar-refractivity contribution in [3.63, 3.8) is 0 Å². The van der Waals surface area contributed by atoms with Crippen molar-refractivity contribution in [2.75, 3.05) is 11.4 Å². The first-order valence-electron chi connectivity index (χ1n) is 9.85. The van der Waals surface area contributed by atoms with Crippen LogP contribution in [0.1, 0.15) is 41.1 Å². The Morgan fingerprint density at radius 2 is 2.16 bits per heavy atom. The second-order valence-electron chi connectivity index (χ2n) is 7.72. The summed E-state index contributed by atoms with van der Waals surface area (Å²) in [5, 5.41) is 19.8. The highest BCUT2D eigenvalue weighted by molar-refractivity contribution is 6.33. The maximum atomic E-state index is 13.6. The van der Waals surface area contributed by atoms with Crippen molar-refractivity contribution in [1.29, 1.82) is 0 Å². The SMILES string of the molecule is CC(C1CC=CC=C1C(F)(F)F)n1nc(C(=O)O)c2c1CCN(c1cn[nH]c(=O)c1Cl)C2. The van der Waals surface area contributed by atoms with Gasteiger partial charge in [-0.3, -0.25) is 9.48 Å². The van der Waals surface area contributed by atoms with Crippen LogP contribution in [0, 0.1) is 5.92 Å². The number of rotatable bonds is 4. The van der Waals surface area contributed by atoms with E-state index < -0.39 is 35.2 Å². The number of hydrogen-bond donors (Lipinski definition) is 2. The number of aromatic carboxylic acids is 1. The van der Waals surface area contributed by atoms with E-state index in [1.54, 1.807) is 17.9 Å². The Labute approximate surface area is 185 Å². The molecule has 0 saturated heterocycles. The molecule has 0 spiro atoms. The third-order valence-electron chi connectivity index (χ3n) is 5.90. The zero-order chi connectivity index (χ0) is 23.2. The molecular formula is C20H19ClF3N5O3. The fourth-order valence-electron chi connectivity index (χ4n) is 4.33. The molecule has 0 radical (unpaired) electrons. The quantitative estimate of drug-likeness (QED) is 0.710. The summed E-state index contributed by atoms with van der Waals surface area (Å²) in [6.07, 6.45) is 1.46. The molecule has 0 amide bonds. The van der Waals surface area contributed by atoms with Gasteiger partial charge in [-0.1, -0.05) is 29.8 Å². The average molecular weight is 470 g/mol. The second kappa shape index (κ2) is 8.12. The fraction of sp³-hybridized carbons (Fsp3) is 0.400. The van der Waals surface area contributed by atoms with E-state index in [4.69, 9.17) is 11.6 Å². The Balaban J connectivity index is 1.73. The molecule has 0 saturated carbocycles. The lowest BCUT2D eigenvalue weighted by molar-refractivity contribution is -0.101. The molecule has 8 nitrogen and oxygen atoms in total. The third-order valence-corrected chi connectivity index (χ3v) is 6.27. The minimum absolute atomic E-state index is 0.0740. The van der Waals surface area contributed by atoms with Crippen molar-refractivity contribution < 1.29 is 23.1 Å². The molecule has 2 aliphatic rings. The Morgan fingerprint density at radius 3 is 2.84 bits per heavy atom. The monoisotopic (exact) mass is 469 g/mol. The maximum Gasteiger partial charge on any atom is 0.413 e. The first-order valence-corrected chi connectivity index (χ1v) is 10.2. The smallest absolute Gasteiger partial charge is 0.413 e. The van der Waals surface area contributed by atoms with E-state index in [0.717, 1.165) is 6.08 Å². The van der Waals surface area contributed by atoms with Gasteiger partial charge in [0.1, 0.15) is 5.02 Å². The highest BCUT2D eigenvalue weighted by Crippen LogP contribution is 2.42. The summed E-state index contributed by atoms with van der Waals surface area (Å²) >= 11 is 6.09. The second-order valence-corrected chi connectivity index (χ2v) is 8.10. The van der Waals surface area contributed by atoms with Crippen LogP contribution in [0.25, 0.3) is 0 Å². The van der Waals surface area contributed by atoms with Crippen LogP contribution in [0.5, 0.6) is 0 Å². The zero-order valence-electron chi connectivity index (χ0n) is 16.9. The molecule has 0 fully saturated rings. The summed E-state index contributed by atoms with van der Waals surface area (Å²) in [6, 6.07) is -0.717.